The minimum absolute atomic E-state index is 0.0361. The zero-order valence-corrected chi connectivity index (χ0v) is 11.5. The lowest BCUT2D eigenvalue weighted by Gasteiger charge is -2.39. The van der Waals surface area contributed by atoms with Crippen LogP contribution in [0.1, 0.15) is 48.0 Å². The molecule has 5 heteroatoms. The maximum Gasteiger partial charge on any atom is 0.166 e. The molecule has 2 aliphatic heterocycles. The third-order valence-electron chi connectivity index (χ3n) is 4.52. The molecule has 0 aromatic heterocycles. The fourth-order valence-corrected chi connectivity index (χ4v) is 3.54. The number of benzene rings is 1. The predicted molar refractivity (Wildman–Crippen MR) is 72.7 cm³/mol. The Morgan fingerprint density at radius 2 is 1.76 bits per heavy atom. The molecule has 0 spiro atoms. The molecule has 21 heavy (non-hydrogen) atoms. The van der Waals surface area contributed by atoms with E-state index in [0.717, 1.165) is 37.8 Å². The van der Waals surface area contributed by atoms with Gasteiger partial charge in [-0.15, -0.1) is 0 Å². The highest BCUT2D eigenvalue weighted by molar-refractivity contribution is 5.98. The van der Waals surface area contributed by atoms with Crippen LogP contribution in [0, 0.1) is 28.9 Å². The second-order valence-corrected chi connectivity index (χ2v) is 5.95. The number of rotatable bonds is 2. The van der Waals surface area contributed by atoms with Crippen molar-refractivity contribution in [3.8, 4) is 6.07 Å². The van der Waals surface area contributed by atoms with Crippen molar-refractivity contribution in [2.45, 2.75) is 44.2 Å². The quantitative estimate of drug-likeness (QED) is 0.852. The summed E-state index contributed by atoms with van der Waals surface area (Å²) in [6.45, 7) is 0. The van der Waals surface area contributed by atoms with E-state index >= 15 is 0 Å². The molecule has 2 bridgehead atoms. The van der Waals surface area contributed by atoms with Gasteiger partial charge in [0, 0.05) is 23.6 Å². The van der Waals surface area contributed by atoms with Crippen LogP contribution in [-0.4, -0.2) is 17.9 Å². The standard InChI is InChI=1S/C16H16F2N2O/c17-14-6-10(7-15(18)13(14)8-19)16(21)9-4-11-2-1-3-12(5-9)20-11/h6-7,9,11-12,20H,1-5H2. The molecule has 0 aliphatic carbocycles. The molecule has 2 unspecified atom stereocenters. The fraction of sp³-hybridized carbons (Fsp3) is 0.500. The number of carbonyl (C=O) groups is 1. The molecule has 0 radical (unpaired) electrons. The van der Waals surface area contributed by atoms with E-state index in [1.807, 2.05) is 0 Å². The van der Waals surface area contributed by atoms with Gasteiger partial charge < -0.3 is 5.32 Å². The molecule has 1 N–H and O–H groups in total. The molecule has 2 aliphatic rings. The molecule has 2 saturated heterocycles. The number of Topliss-reactive ketones (excluding diaryl/α,β-unsaturated/α-hetero) is 1. The number of piperidine rings is 2. The van der Waals surface area contributed by atoms with Gasteiger partial charge in [-0.25, -0.2) is 8.78 Å². The number of halogens is 2. The first-order valence-electron chi connectivity index (χ1n) is 7.28. The summed E-state index contributed by atoms with van der Waals surface area (Å²) in [7, 11) is 0. The molecule has 110 valence electrons. The van der Waals surface area contributed by atoms with Gasteiger partial charge in [0.05, 0.1) is 0 Å². The maximum absolute atomic E-state index is 13.6. The zero-order valence-electron chi connectivity index (χ0n) is 11.5. The van der Waals surface area contributed by atoms with Gasteiger partial charge in [-0.2, -0.15) is 5.26 Å². The number of nitrogens with zero attached hydrogens (tertiary/aromatic N) is 1. The van der Waals surface area contributed by atoms with Gasteiger partial charge in [-0.3, -0.25) is 4.79 Å². The topological polar surface area (TPSA) is 52.9 Å². The van der Waals surface area contributed by atoms with Crippen LogP contribution in [0.2, 0.25) is 0 Å². The average molecular weight is 290 g/mol. The lowest BCUT2D eigenvalue weighted by atomic mass is 9.77. The Hall–Kier alpha value is -1.80. The maximum atomic E-state index is 13.6. The lowest BCUT2D eigenvalue weighted by molar-refractivity contribution is 0.0824. The minimum atomic E-state index is -0.963. The van der Waals surface area contributed by atoms with Crippen molar-refractivity contribution in [2.75, 3.05) is 0 Å². The van der Waals surface area contributed by atoms with E-state index in [9.17, 15) is 13.6 Å². The van der Waals surface area contributed by atoms with Crippen LogP contribution in [0.25, 0.3) is 0 Å². The van der Waals surface area contributed by atoms with E-state index in [4.69, 9.17) is 5.26 Å². The van der Waals surface area contributed by atoms with Crippen LogP contribution in [0.15, 0.2) is 12.1 Å². The lowest BCUT2D eigenvalue weighted by Crippen LogP contribution is -2.50. The van der Waals surface area contributed by atoms with Gasteiger partial charge in [-0.1, -0.05) is 6.42 Å². The second kappa shape index (κ2) is 5.53. The highest BCUT2D eigenvalue weighted by atomic mass is 19.1. The van der Waals surface area contributed by atoms with E-state index < -0.39 is 17.2 Å². The Morgan fingerprint density at radius 1 is 1.19 bits per heavy atom. The third kappa shape index (κ3) is 2.68. The SMILES string of the molecule is N#Cc1c(F)cc(C(=O)C2CC3CCCC(C2)N3)cc1F. The number of hydrogen-bond acceptors (Lipinski definition) is 3. The van der Waals surface area contributed by atoms with Crippen molar-refractivity contribution in [1.82, 2.24) is 5.32 Å². The van der Waals surface area contributed by atoms with Gasteiger partial charge in [0.15, 0.2) is 5.78 Å². The van der Waals surface area contributed by atoms with Crippen molar-refractivity contribution in [1.29, 1.82) is 5.26 Å². The van der Waals surface area contributed by atoms with E-state index in [1.165, 1.54) is 12.5 Å². The number of nitriles is 1. The Labute approximate surface area is 122 Å². The molecule has 1 aromatic rings. The summed E-state index contributed by atoms with van der Waals surface area (Å²) in [4.78, 5) is 12.5. The summed E-state index contributed by atoms with van der Waals surface area (Å²) in [5, 5.41) is 12.1. The summed E-state index contributed by atoms with van der Waals surface area (Å²) < 4.78 is 27.3. The van der Waals surface area contributed by atoms with Crippen molar-refractivity contribution >= 4 is 5.78 Å². The smallest absolute Gasteiger partial charge is 0.166 e. The van der Waals surface area contributed by atoms with Gasteiger partial charge in [0.2, 0.25) is 0 Å². The van der Waals surface area contributed by atoms with E-state index in [1.54, 1.807) is 0 Å². The van der Waals surface area contributed by atoms with Crippen molar-refractivity contribution in [3.63, 3.8) is 0 Å². The largest absolute Gasteiger partial charge is 0.311 e. The van der Waals surface area contributed by atoms with Gasteiger partial charge >= 0.3 is 0 Å². The monoisotopic (exact) mass is 290 g/mol. The molecule has 0 amide bonds. The van der Waals surface area contributed by atoms with Crippen LogP contribution in [-0.2, 0) is 0 Å². The van der Waals surface area contributed by atoms with Gasteiger partial charge in [0.25, 0.3) is 0 Å². The first-order chi connectivity index (χ1) is 10.1. The molecule has 3 nitrogen and oxygen atoms in total. The predicted octanol–water partition coefficient (Wildman–Crippen LogP) is 2.94. The molecule has 0 saturated carbocycles. The highest BCUT2D eigenvalue weighted by Gasteiger charge is 2.35. The summed E-state index contributed by atoms with van der Waals surface area (Å²) in [5.41, 5.74) is -0.595. The van der Waals surface area contributed by atoms with Gasteiger partial charge in [0.1, 0.15) is 23.3 Å². The normalized spacial score (nSPS) is 28.0. The first kappa shape index (κ1) is 14.2. The highest BCUT2D eigenvalue weighted by Crippen LogP contribution is 2.32. The van der Waals surface area contributed by atoms with Crippen LogP contribution < -0.4 is 5.32 Å². The van der Waals surface area contributed by atoms with Crippen LogP contribution >= 0.6 is 0 Å². The Morgan fingerprint density at radius 3 is 2.29 bits per heavy atom. The molecule has 2 heterocycles. The van der Waals surface area contributed by atoms with Crippen molar-refractivity contribution in [2.24, 2.45) is 5.92 Å². The molecular formula is C16H16F2N2O. The van der Waals surface area contributed by atoms with Crippen LogP contribution in [0.4, 0.5) is 8.78 Å². The number of ketones is 1. The number of fused-ring (bicyclic) bond motifs is 2. The van der Waals surface area contributed by atoms with Gasteiger partial charge in [-0.05, 0) is 37.8 Å². The van der Waals surface area contributed by atoms with Crippen molar-refractivity contribution < 1.29 is 13.6 Å². The molecule has 1 aromatic carbocycles. The van der Waals surface area contributed by atoms with E-state index in [0.29, 0.717) is 12.1 Å². The Bertz CT molecular complexity index is 588. The second-order valence-electron chi connectivity index (χ2n) is 5.95. The molecule has 2 fully saturated rings. The Kier molecular flexibility index (Phi) is 3.73. The summed E-state index contributed by atoms with van der Waals surface area (Å²) in [5.74, 6) is -2.33. The van der Waals surface area contributed by atoms with Crippen LogP contribution in [0.5, 0.6) is 0 Å². The zero-order chi connectivity index (χ0) is 15.0. The van der Waals surface area contributed by atoms with E-state index in [2.05, 4.69) is 5.32 Å². The molecule has 3 rings (SSSR count). The fourth-order valence-electron chi connectivity index (χ4n) is 3.54. The molecule has 2 atom stereocenters. The third-order valence-corrected chi connectivity index (χ3v) is 4.52. The number of hydrogen-bond donors (Lipinski definition) is 1. The van der Waals surface area contributed by atoms with E-state index in [-0.39, 0.29) is 17.3 Å². The minimum Gasteiger partial charge on any atom is -0.311 e. The Balaban J connectivity index is 1.84. The first-order valence-corrected chi connectivity index (χ1v) is 7.28. The van der Waals surface area contributed by atoms with Crippen LogP contribution in [0.3, 0.4) is 0 Å². The summed E-state index contributed by atoms with van der Waals surface area (Å²) in [6.07, 6.45) is 4.72. The van der Waals surface area contributed by atoms with Crippen molar-refractivity contribution in [3.05, 3.63) is 34.9 Å². The number of nitrogens with one attached hydrogen (secondary N) is 1. The number of carbonyl (C=O) groups excluding carboxylic acids is 1. The average Bonchev–Trinajstić information content (AvgIpc) is 2.45. The summed E-state index contributed by atoms with van der Waals surface area (Å²) in [6, 6.07) is 4.11. The summed E-state index contributed by atoms with van der Waals surface area (Å²) >= 11 is 0. The molecular weight excluding hydrogens is 274 g/mol.